The van der Waals surface area contributed by atoms with Crippen LogP contribution >= 0.6 is 0 Å². The number of unbranched alkanes of at least 4 members (excludes halogenated alkanes) is 1. The van der Waals surface area contributed by atoms with Crippen molar-refractivity contribution in [3.63, 3.8) is 0 Å². The van der Waals surface area contributed by atoms with Crippen LogP contribution in [-0.4, -0.2) is 55.0 Å². The Morgan fingerprint density at radius 3 is 2.15 bits per heavy atom. The minimum absolute atomic E-state index is 0.168. The quantitative estimate of drug-likeness (QED) is 0.723. The minimum Gasteiger partial charge on any atom is -0.355 e. The van der Waals surface area contributed by atoms with E-state index < -0.39 is 0 Å². The summed E-state index contributed by atoms with van der Waals surface area (Å²) in [5.74, 6) is 0.168. The van der Waals surface area contributed by atoms with Crippen LogP contribution in [0.5, 0.6) is 0 Å². The van der Waals surface area contributed by atoms with E-state index in [9.17, 15) is 4.79 Å². The third kappa shape index (κ3) is 7.88. The molecule has 0 spiro atoms. The number of benzene rings is 1. The molecule has 1 aromatic rings. The molecule has 4 heteroatoms. The molecule has 1 aliphatic heterocycles. The van der Waals surface area contributed by atoms with Crippen molar-refractivity contribution < 1.29 is 4.79 Å². The molecule has 0 bridgehead atoms. The maximum atomic E-state index is 11.9. The van der Waals surface area contributed by atoms with Gasteiger partial charge in [0.15, 0.2) is 0 Å². The highest BCUT2D eigenvalue weighted by Crippen LogP contribution is 2.21. The zero-order valence-electron chi connectivity index (χ0n) is 17.2. The van der Waals surface area contributed by atoms with Gasteiger partial charge in [-0.3, -0.25) is 14.6 Å². The summed E-state index contributed by atoms with van der Waals surface area (Å²) in [6.45, 7) is 15.4. The zero-order chi connectivity index (χ0) is 19.0. The van der Waals surface area contributed by atoms with Crippen LogP contribution < -0.4 is 5.32 Å². The van der Waals surface area contributed by atoms with Crippen LogP contribution in [0.25, 0.3) is 0 Å². The van der Waals surface area contributed by atoms with Gasteiger partial charge in [0, 0.05) is 39.3 Å². The third-order valence-corrected chi connectivity index (χ3v) is 4.85. The van der Waals surface area contributed by atoms with E-state index in [-0.39, 0.29) is 5.91 Å². The topological polar surface area (TPSA) is 35.6 Å². The van der Waals surface area contributed by atoms with E-state index in [2.05, 4.69) is 67.1 Å². The van der Waals surface area contributed by atoms with Crippen LogP contribution in [0.2, 0.25) is 0 Å². The fourth-order valence-corrected chi connectivity index (χ4v) is 3.40. The molecule has 0 aliphatic carbocycles. The summed E-state index contributed by atoms with van der Waals surface area (Å²) in [5.41, 5.74) is 3.13. The molecule has 146 valence electrons. The molecule has 0 unspecified atom stereocenters. The van der Waals surface area contributed by atoms with Crippen LogP contribution in [0, 0.1) is 5.41 Å². The van der Waals surface area contributed by atoms with Crippen LogP contribution in [-0.2, 0) is 17.8 Å². The lowest BCUT2D eigenvalue weighted by Crippen LogP contribution is -2.49. The van der Waals surface area contributed by atoms with Gasteiger partial charge in [0.05, 0.1) is 6.54 Å². The molecule has 0 radical (unpaired) electrons. The molecule has 4 nitrogen and oxygen atoms in total. The number of amides is 1. The van der Waals surface area contributed by atoms with Gasteiger partial charge in [0.25, 0.3) is 0 Å². The second kappa shape index (κ2) is 10.1. The normalized spacial score (nSPS) is 16.6. The van der Waals surface area contributed by atoms with E-state index in [4.69, 9.17) is 0 Å². The first-order valence-electron chi connectivity index (χ1n) is 10.1. The summed E-state index contributed by atoms with van der Waals surface area (Å²) >= 11 is 0. The summed E-state index contributed by atoms with van der Waals surface area (Å²) in [4.78, 5) is 16.7. The van der Waals surface area contributed by atoms with Gasteiger partial charge in [-0.05, 0) is 29.4 Å². The highest BCUT2D eigenvalue weighted by atomic mass is 16.2. The molecule has 1 aliphatic rings. The highest BCUT2D eigenvalue weighted by Gasteiger charge is 2.19. The molecule has 1 heterocycles. The Hall–Kier alpha value is -1.39. The summed E-state index contributed by atoms with van der Waals surface area (Å²) in [6, 6.07) is 9.10. The number of rotatable bonds is 8. The summed E-state index contributed by atoms with van der Waals surface area (Å²) in [7, 11) is 0. The van der Waals surface area contributed by atoms with E-state index >= 15 is 0 Å². The van der Waals surface area contributed by atoms with Crippen LogP contribution in [0.4, 0.5) is 0 Å². The predicted molar refractivity (Wildman–Crippen MR) is 109 cm³/mol. The van der Waals surface area contributed by atoms with E-state index in [1.807, 2.05) is 0 Å². The number of hydrogen-bond donors (Lipinski definition) is 1. The first-order chi connectivity index (χ1) is 12.4. The van der Waals surface area contributed by atoms with Crippen molar-refractivity contribution in [1.29, 1.82) is 0 Å². The van der Waals surface area contributed by atoms with E-state index in [0.717, 1.165) is 58.5 Å². The fraction of sp³-hybridized carbons (Fsp3) is 0.682. The van der Waals surface area contributed by atoms with Crippen molar-refractivity contribution in [1.82, 2.24) is 15.1 Å². The van der Waals surface area contributed by atoms with Gasteiger partial charge in [0.2, 0.25) is 5.91 Å². The molecular weight excluding hydrogens is 322 g/mol. The van der Waals surface area contributed by atoms with Crippen molar-refractivity contribution in [2.24, 2.45) is 5.41 Å². The number of hydrogen-bond acceptors (Lipinski definition) is 3. The Bertz CT molecular complexity index is 540. The number of piperazine rings is 1. The van der Waals surface area contributed by atoms with Gasteiger partial charge >= 0.3 is 0 Å². The lowest BCUT2D eigenvalue weighted by molar-refractivity contribution is -0.122. The fourth-order valence-electron chi connectivity index (χ4n) is 3.40. The zero-order valence-corrected chi connectivity index (χ0v) is 17.2. The van der Waals surface area contributed by atoms with E-state index in [1.165, 1.54) is 11.1 Å². The average Bonchev–Trinajstić information content (AvgIpc) is 2.57. The van der Waals surface area contributed by atoms with Crippen molar-refractivity contribution >= 4 is 5.91 Å². The molecule has 1 amide bonds. The number of nitrogens with zero attached hydrogens (tertiary/aromatic N) is 2. The minimum atomic E-state index is 0.168. The maximum absolute atomic E-state index is 11.9. The molecule has 1 aromatic carbocycles. The molecular formula is C22H37N3O. The second-order valence-corrected chi connectivity index (χ2v) is 8.81. The molecule has 26 heavy (non-hydrogen) atoms. The Labute approximate surface area is 159 Å². The molecule has 2 rings (SSSR count). The number of carbonyl (C=O) groups is 1. The Balaban J connectivity index is 1.70. The smallest absolute Gasteiger partial charge is 0.234 e. The van der Waals surface area contributed by atoms with Gasteiger partial charge in [-0.25, -0.2) is 0 Å². The average molecular weight is 360 g/mol. The Morgan fingerprint density at radius 1 is 1.00 bits per heavy atom. The van der Waals surface area contributed by atoms with Crippen molar-refractivity contribution in [2.75, 3.05) is 39.3 Å². The highest BCUT2D eigenvalue weighted by molar-refractivity contribution is 5.77. The first kappa shape index (κ1) is 20.9. The molecule has 1 saturated heterocycles. The summed E-state index contributed by atoms with van der Waals surface area (Å²) in [5, 5.41) is 3.01. The van der Waals surface area contributed by atoms with Crippen molar-refractivity contribution in [3.8, 4) is 0 Å². The van der Waals surface area contributed by atoms with Crippen LogP contribution in [0.3, 0.4) is 0 Å². The van der Waals surface area contributed by atoms with Crippen molar-refractivity contribution in [3.05, 3.63) is 35.4 Å². The Morgan fingerprint density at radius 2 is 1.58 bits per heavy atom. The van der Waals surface area contributed by atoms with Gasteiger partial charge in [0.1, 0.15) is 0 Å². The van der Waals surface area contributed by atoms with E-state index in [1.54, 1.807) is 0 Å². The van der Waals surface area contributed by atoms with Gasteiger partial charge in [-0.2, -0.15) is 0 Å². The monoisotopic (exact) mass is 359 g/mol. The summed E-state index contributed by atoms with van der Waals surface area (Å²) < 4.78 is 0. The van der Waals surface area contributed by atoms with Crippen LogP contribution in [0.15, 0.2) is 24.3 Å². The van der Waals surface area contributed by atoms with Crippen LogP contribution in [0.1, 0.15) is 51.7 Å². The lowest BCUT2D eigenvalue weighted by atomic mass is 9.88. The number of nitrogens with one attached hydrogen (secondary N) is 1. The first-order valence-corrected chi connectivity index (χ1v) is 10.1. The second-order valence-electron chi connectivity index (χ2n) is 8.81. The predicted octanol–water partition coefficient (Wildman–Crippen LogP) is 3.31. The molecule has 0 aromatic heterocycles. The molecule has 1 fully saturated rings. The largest absolute Gasteiger partial charge is 0.355 e. The van der Waals surface area contributed by atoms with E-state index in [0.29, 0.717) is 12.0 Å². The van der Waals surface area contributed by atoms with Gasteiger partial charge in [-0.1, -0.05) is 58.4 Å². The molecule has 1 N–H and O–H groups in total. The molecule has 0 atom stereocenters. The maximum Gasteiger partial charge on any atom is 0.234 e. The van der Waals surface area contributed by atoms with Crippen molar-refractivity contribution in [2.45, 2.75) is 53.5 Å². The van der Waals surface area contributed by atoms with Gasteiger partial charge in [-0.15, -0.1) is 0 Å². The standard InChI is InChI=1S/C22H37N3O/c1-5-6-11-23-21(26)18-25-14-12-24(13-15-25)17-20-9-7-19(8-10-20)16-22(2,3)4/h7-10H,5-6,11-18H2,1-4H3,(H,23,26). The Kier molecular flexibility index (Phi) is 8.11. The van der Waals surface area contributed by atoms with Gasteiger partial charge < -0.3 is 5.32 Å². The third-order valence-electron chi connectivity index (χ3n) is 4.85. The summed E-state index contributed by atoms with van der Waals surface area (Å²) in [6.07, 6.45) is 3.30. The lowest BCUT2D eigenvalue weighted by Gasteiger charge is -2.34. The number of carbonyl (C=O) groups excluding carboxylic acids is 1. The molecule has 0 saturated carbocycles. The SMILES string of the molecule is CCCCNC(=O)CN1CCN(Cc2ccc(CC(C)(C)C)cc2)CC1.